The van der Waals surface area contributed by atoms with Gasteiger partial charge in [0.05, 0.1) is 30.3 Å². The molecule has 2 aromatic carbocycles. The van der Waals surface area contributed by atoms with Crippen LogP contribution in [0.5, 0.6) is 0 Å². The molecular weight excluding hydrogens is 350 g/mol. The van der Waals surface area contributed by atoms with Crippen LogP contribution in [-0.4, -0.2) is 9.13 Å². The van der Waals surface area contributed by atoms with Gasteiger partial charge in [-0.1, -0.05) is 35.9 Å². The van der Waals surface area contributed by atoms with Gasteiger partial charge in [-0.05, 0) is 42.0 Å². The van der Waals surface area contributed by atoms with Gasteiger partial charge in [0, 0.05) is 5.02 Å². The normalized spacial score (nSPS) is 11.1. The highest BCUT2D eigenvalue weighted by atomic mass is 35.5. The first-order valence-corrected chi connectivity index (χ1v) is 8.55. The lowest BCUT2D eigenvalue weighted by molar-refractivity contribution is 0.474. The van der Waals surface area contributed by atoms with E-state index in [0.29, 0.717) is 22.7 Å². The molecule has 0 saturated carbocycles. The van der Waals surface area contributed by atoms with Crippen LogP contribution in [0.1, 0.15) is 11.3 Å². The van der Waals surface area contributed by atoms with Crippen molar-refractivity contribution in [2.45, 2.75) is 13.1 Å². The van der Waals surface area contributed by atoms with Gasteiger partial charge in [-0.15, -0.1) is 0 Å². The molecule has 130 valence electrons. The van der Waals surface area contributed by atoms with Crippen LogP contribution in [-0.2, 0) is 13.1 Å². The third-order valence-corrected chi connectivity index (χ3v) is 4.58. The fraction of sp³-hybridized carbons (Fsp3) is 0.100. The molecule has 0 bridgehead atoms. The van der Waals surface area contributed by atoms with Gasteiger partial charge in [-0.2, -0.15) is 0 Å². The van der Waals surface area contributed by atoms with Crippen molar-refractivity contribution in [3.8, 4) is 0 Å². The Morgan fingerprint density at radius 2 is 1.69 bits per heavy atom. The molecule has 0 aliphatic carbocycles. The number of hydrogen-bond donors (Lipinski definition) is 1. The zero-order chi connectivity index (χ0) is 18.1. The molecule has 2 heterocycles. The number of para-hydroxylation sites is 1. The third kappa shape index (κ3) is 2.97. The Kier molecular flexibility index (Phi) is 4.22. The number of benzene rings is 2. The maximum atomic E-state index is 12.9. The Bertz CT molecular complexity index is 1170. The van der Waals surface area contributed by atoms with Crippen molar-refractivity contribution in [1.82, 2.24) is 9.13 Å². The average molecular weight is 366 g/mol. The van der Waals surface area contributed by atoms with Gasteiger partial charge < -0.3 is 8.98 Å². The summed E-state index contributed by atoms with van der Waals surface area (Å²) in [6.45, 7) is 0.686. The summed E-state index contributed by atoms with van der Waals surface area (Å²) in [6.07, 6.45) is 1.56. The molecule has 1 N–H and O–H groups in total. The first-order chi connectivity index (χ1) is 12.6. The maximum Gasteiger partial charge on any atom is 0.263 e. The third-order valence-electron chi connectivity index (χ3n) is 4.33. The van der Waals surface area contributed by atoms with Gasteiger partial charge in [-0.25, -0.2) is 0 Å². The van der Waals surface area contributed by atoms with Crippen molar-refractivity contribution < 1.29 is 4.42 Å². The molecule has 0 aliphatic heterocycles. The van der Waals surface area contributed by atoms with Crippen LogP contribution in [0.4, 0.5) is 0 Å². The quantitative estimate of drug-likeness (QED) is 0.600. The van der Waals surface area contributed by atoms with E-state index in [2.05, 4.69) is 0 Å². The van der Waals surface area contributed by atoms with Crippen LogP contribution >= 0.6 is 11.6 Å². The van der Waals surface area contributed by atoms with Crippen molar-refractivity contribution in [3.05, 3.63) is 99.2 Å². The summed E-state index contributed by atoms with van der Waals surface area (Å²) < 4.78 is 8.61. The van der Waals surface area contributed by atoms with Crippen LogP contribution < -0.4 is 11.2 Å². The molecule has 26 heavy (non-hydrogen) atoms. The Hall–Kier alpha value is -3.05. The van der Waals surface area contributed by atoms with E-state index in [-0.39, 0.29) is 17.7 Å². The lowest BCUT2D eigenvalue weighted by Gasteiger charge is -2.15. The van der Waals surface area contributed by atoms with Crippen molar-refractivity contribution >= 4 is 22.5 Å². The van der Waals surface area contributed by atoms with Crippen LogP contribution in [0.15, 0.2) is 76.1 Å². The number of rotatable bonds is 4. The predicted octanol–water partition coefficient (Wildman–Crippen LogP) is 3.63. The number of fused-ring (bicyclic) bond motifs is 1. The smallest absolute Gasteiger partial charge is 0.263 e. The highest BCUT2D eigenvalue weighted by Crippen LogP contribution is 2.13. The summed E-state index contributed by atoms with van der Waals surface area (Å²) in [5.74, 6) is 0.633. The average Bonchev–Trinajstić information content (AvgIpc) is 3.17. The van der Waals surface area contributed by atoms with Crippen molar-refractivity contribution in [1.29, 1.82) is 5.41 Å². The lowest BCUT2D eigenvalue weighted by atomic mass is 10.2. The molecule has 0 saturated heterocycles. The summed E-state index contributed by atoms with van der Waals surface area (Å²) in [5, 5.41) is 9.86. The number of hydrogen-bond acceptors (Lipinski definition) is 3. The highest BCUT2D eigenvalue weighted by molar-refractivity contribution is 6.30. The predicted molar refractivity (Wildman–Crippen MR) is 100 cm³/mol. The Morgan fingerprint density at radius 1 is 0.923 bits per heavy atom. The summed E-state index contributed by atoms with van der Waals surface area (Å²) >= 11 is 5.97. The summed E-state index contributed by atoms with van der Waals surface area (Å²) in [4.78, 5) is 12.9. The Balaban J connectivity index is 1.91. The molecule has 0 spiro atoms. The lowest BCUT2D eigenvalue weighted by Crippen LogP contribution is -2.40. The summed E-state index contributed by atoms with van der Waals surface area (Å²) in [5.41, 5.74) is 1.66. The van der Waals surface area contributed by atoms with Crippen LogP contribution in [0.2, 0.25) is 5.02 Å². The number of nitrogens with zero attached hydrogens (tertiary/aromatic N) is 2. The molecule has 2 aromatic heterocycles. The minimum Gasteiger partial charge on any atom is -0.467 e. The second-order valence-corrected chi connectivity index (χ2v) is 6.46. The number of halogens is 1. The van der Waals surface area contributed by atoms with Gasteiger partial charge in [0.1, 0.15) is 5.76 Å². The molecule has 4 rings (SSSR count). The molecule has 0 unspecified atom stereocenters. The van der Waals surface area contributed by atoms with Crippen molar-refractivity contribution in [2.75, 3.05) is 0 Å². The first kappa shape index (κ1) is 16.4. The first-order valence-electron chi connectivity index (χ1n) is 8.17. The molecule has 0 radical (unpaired) electrons. The Morgan fingerprint density at radius 3 is 2.42 bits per heavy atom. The molecule has 4 aromatic rings. The summed E-state index contributed by atoms with van der Waals surface area (Å²) in [7, 11) is 0. The van der Waals surface area contributed by atoms with E-state index >= 15 is 0 Å². The molecule has 5 nitrogen and oxygen atoms in total. The fourth-order valence-electron chi connectivity index (χ4n) is 3.03. The number of nitrogens with one attached hydrogen (secondary N) is 1. The van der Waals surface area contributed by atoms with E-state index in [9.17, 15) is 4.79 Å². The SMILES string of the molecule is N=c1n(Cc2ccco2)c(=O)c2ccccc2n1Cc1ccc(Cl)cc1. The van der Waals surface area contributed by atoms with Crippen molar-refractivity contribution in [2.24, 2.45) is 0 Å². The zero-order valence-electron chi connectivity index (χ0n) is 13.9. The zero-order valence-corrected chi connectivity index (χ0v) is 14.6. The van der Waals surface area contributed by atoms with Gasteiger partial charge in [0.2, 0.25) is 5.62 Å². The second-order valence-electron chi connectivity index (χ2n) is 6.02. The van der Waals surface area contributed by atoms with Gasteiger partial charge >= 0.3 is 0 Å². The molecule has 0 aliphatic rings. The van der Waals surface area contributed by atoms with Crippen LogP contribution in [0.25, 0.3) is 10.9 Å². The topological polar surface area (TPSA) is 63.9 Å². The summed E-state index contributed by atoms with van der Waals surface area (Å²) in [6, 6.07) is 18.4. The van der Waals surface area contributed by atoms with E-state index in [1.54, 1.807) is 24.5 Å². The van der Waals surface area contributed by atoms with Crippen LogP contribution in [0.3, 0.4) is 0 Å². The van der Waals surface area contributed by atoms with Gasteiger partial charge in [-0.3, -0.25) is 14.8 Å². The molecule has 0 amide bonds. The molecular formula is C20H16ClN3O2. The van der Waals surface area contributed by atoms with E-state index in [1.807, 2.05) is 47.0 Å². The Labute approximate surface area is 154 Å². The largest absolute Gasteiger partial charge is 0.467 e. The molecule has 0 atom stereocenters. The minimum absolute atomic E-state index is 0.125. The monoisotopic (exact) mass is 365 g/mol. The van der Waals surface area contributed by atoms with Gasteiger partial charge in [0.25, 0.3) is 5.56 Å². The van der Waals surface area contributed by atoms with Gasteiger partial charge in [0.15, 0.2) is 0 Å². The van der Waals surface area contributed by atoms with E-state index in [0.717, 1.165) is 11.1 Å². The van der Waals surface area contributed by atoms with Crippen LogP contribution in [0, 0.1) is 5.41 Å². The van der Waals surface area contributed by atoms with E-state index in [1.165, 1.54) is 4.57 Å². The fourth-order valence-corrected chi connectivity index (χ4v) is 3.15. The standard InChI is InChI=1S/C20H16ClN3O2/c21-15-9-7-14(8-10-15)12-23-18-6-2-1-5-17(18)19(25)24(20(23)22)13-16-4-3-11-26-16/h1-11,22H,12-13H2. The molecule has 0 fully saturated rings. The minimum atomic E-state index is -0.200. The second kappa shape index (κ2) is 6.69. The molecule has 6 heteroatoms. The number of furan rings is 1. The van der Waals surface area contributed by atoms with E-state index in [4.69, 9.17) is 21.4 Å². The maximum absolute atomic E-state index is 12.9. The van der Waals surface area contributed by atoms with Crippen molar-refractivity contribution in [3.63, 3.8) is 0 Å². The van der Waals surface area contributed by atoms with E-state index < -0.39 is 0 Å². The highest BCUT2D eigenvalue weighted by Gasteiger charge is 2.12. The number of aromatic nitrogens is 2.